The van der Waals surface area contributed by atoms with Crippen molar-refractivity contribution in [3.63, 3.8) is 0 Å². The fourth-order valence-corrected chi connectivity index (χ4v) is 4.35. The van der Waals surface area contributed by atoms with E-state index in [1.54, 1.807) is 22.9 Å². The molecule has 0 spiro atoms. The minimum Gasteiger partial charge on any atom is -0.356 e. The summed E-state index contributed by atoms with van der Waals surface area (Å²) < 4.78 is 31.8. The quantitative estimate of drug-likeness (QED) is 0.800. The van der Waals surface area contributed by atoms with Gasteiger partial charge in [-0.05, 0) is 6.07 Å². The van der Waals surface area contributed by atoms with Crippen molar-refractivity contribution in [1.29, 1.82) is 0 Å². The molecule has 0 amide bonds. The lowest BCUT2D eigenvalue weighted by atomic mass is 10.3. The van der Waals surface area contributed by atoms with Gasteiger partial charge >= 0.3 is 0 Å². The Hall–Kier alpha value is -1.71. The molecule has 3 aromatic rings. The zero-order chi connectivity index (χ0) is 13.3. The average Bonchev–Trinajstić information content (AvgIpc) is 3.11. The van der Waals surface area contributed by atoms with Crippen molar-refractivity contribution in [2.45, 2.75) is 4.21 Å². The highest BCUT2D eigenvalue weighted by molar-refractivity contribution is 7.94. The fraction of sp³-hybridized carbons (Fsp3) is 0. The second-order valence-electron chi connectivity index (χ2n) is 3.47. The Kier molecular flexibility index (Phi) is 3.09. The second kappa shape index (κ2) is 4.76. The Morgan fingerprint density at radius 1 is 1.26 bits per heavy atom. The number of anilines is 1. The number of aromatic nitrogens is 2. The van der Waals surface area contributed by atoms with Crippen LogP contribution in [0.25, 0.3) is 11.3 Å². The van der Waals surface area contributed by atoms with Crippen LogP contribution >= 0.6 is 22.7 Å². The standard InChI is InChI=1S/C10H7N3O3S3/c14-19(15,13-10-11-3-4-17-10)9-5-7(6-18-9)8-1-2-12-16-8/h1-6H,(H,11,13). The van der Waals surface area contributed by atoms with Crippen molar-refractivity contribution in [1.82, 2.24) is 10.1 Å². The Morgan fingerprint density at radius 2 is 2.16 bits per heavy atom. The van der Waals surface area contributed by atoms with Crippen LogP contribution in [0.3, 0.4) is 0 Å². The maximum absolute atomic E-state index is 12.1. The molecule has 0 atom stereocenters. The number of nitrogens with zero attached hydrogens (tertiary/aromatic N) is 2. The van der Waals surface area contributed by atoms with E-state index >= 15 is 0 Å². The van der Waals surface area contributed by atoms with E-state index in [-0.39, 0.29) is 4.21 Å². The number of thiophene rings is 1. The second-order valence-corrected chi connectivity index (χ2v) is 7.19. The third-order valence-electron chi connectivity index (χ3n) is 2.22. The summed E-state index contributed by atoms with van der Waals surface area (Å²) >= 11 is 2.34. The van der Waals surface area contributed by atoms with Gasteiger partial charge in [-0.25, -0.2) is 13.4 Å². The molecule has 0 bridgehead atoms. The molecule has 9 heteroatoms. The number of hydrogen-bond donors (Lipinski definition) is 1. The van der Waals surface area contributed by atoms with Crippen molar-refractivity contribution >= 4 is 37.8 Å². The smallest absolute Gasteiger partial charge is 0.273 e. The van der Waals surface area contributed by atoms with E-state index < -0.39 is 10.0 Å². The van der Waals surface area contributed by atoms with Crippen molar-refractivity contribution in [2.24, 2.45) is 0 Å². The van der Waals surface area contributed by atoms with E-state index in [0.29, 0.717) is 16.5 Å². The maximum atomic E-state index is 12.1. The van der Waals surface area contributed by atoms with Gasteiger partial charge in [0, 0.05) is 28.6 Å². The summed E-state index contributed by atoms with van der Waals surface area (Å²) in [7, 11) is -3.60. The van der Waals surface area contributed by atoms with Crippen LogP contribution in [0.4, 0.5) is 5.13 Å². The van der Waals surface area contributed by atoms with Crippen LogP contribution in [0.2, 0.25) is 0 Å². The van der Waals surface area contributed by atoms with Crippen LogP contribution in [-0.2, 0) is 10.0 Å². The SMILES string of the molecule is O=S(=O)(Nc1nccs1)c1cc(-c2ccno2)cs1. The van der Waals surface area contributed by atoms with Gasteiger partial charge in [-0.2, -0.15) is 0 Å². The van der Waals surface area contributed by atoms with Crippen LogP contribution < -0.4 is 4.72 Å². The van der Waals surface area contributed by atoms with E-state index in [9.17, 15) is 8.42 Å². The van der Waals surface area contributed by atoms with Crippen molar-refractivity contribution in [2.75, 3.05) is 4.72 Å². The van der Waals surface area contributed by atoms with Crippen LogP contribution in [0.5, 0.6) is 0 Å². The molecule has 6 nitrogen and oxygen atoms in total. The molecular weight excluding hydrogens is 306 g/mol. The lowest BCUT2D eigenvalue weighted by Crippen LogP contribution is -2.10. The molecule has 0 saturated carbocycles. The summed E-state index contributed by atoms with van der Waals surface area (Å²) in [6, 6.07) is 3.22. The molecule has 0 unspecified atom stereocenters. The molecule has 0 aliphatic heterocycles. The van der Waals surface area contributed by atoms with Crippen molar-refractivity contribution < 1.29 is 12.9 Å². The normalized spacial score (nSPS) is 11.6. The minimum atomic E-state index is -3.60. The number of sulfonamides is 1. The summed E-state index contributed by atoms with van der Waals surface area (Å²) in [6.07, 6.45) is 3.05. The number of rotatable bonds is 4. The minimum absolute atomic E-state index is 0.203. The van der Waals surface area contributed by atoms with Gasteiger partial charge in [0.15, 0.2) is 10.9 Å². The third-order valence-corrected chi connectivity index (χ3v) is 5.81. The van der Waals surface area contributed by atoms with Crippen molar-refractivity contribution in [3.05, 3.63) is 35.3 Å². The molecule has 98 valence electrons. The Balaban J connectivity index is 1.90. The predicted molar refractivity (Wildman–Crippen MR) is 72.7 cm³/mol. The fourth-order valence-electron chi connectivity index (χ4n) is 1.39. The van der Waals surface area contributed by atoms with Gasteiger partial charge in [0.2, 0.25) is 0 Å². The first kappa shape index (κ1) is 12.3. The third kappa shape index (κ3) is 2.53. The van der Waals surface area contributed by atoms with Crippen LogP contribution in [0.15, 0.2) is 44.0 Å². The van der Waals surface area contributed by atoms with E-state index in [1.807, 2.05) is 0 Å². The van der Waals surface area contributed by atoms with Crippen LogP contribution in [0, 0.1) is 0 Å². The Labute approximate surface area is 116 Å². The lowest BCUT2D eigenvalue weighted by Gasteiger charge is -2.01. The summed E-state index contributed by atoms with van der Waals surface area (Å²) in [5.74, 6) is 0.534. The summed E-state index contributed by atoms with van der Waals surface area (Å²) in [5.41, 5.74) is 0.682. The molecule has 3 rings (SSSR count). The molecular formula is C10H7N3O3S3. The molecule has 0 fully saturated rings. The Morgan fingerprint density at radius 3 is 2.84 bits per heavy atom. The van der Waals surface area contributed by atoms with Gasteiger partial charge < -0.3 is 4.52 Å². The van der Waals surface area contributed by atoms with Crippen LogP contribution in [-0.4, -0.2) is 18.6 Å². The van der Waals surface area contributed by atoms with E-state index in [4.69, 9.17) is 4.52 Å². The summed E-state index contributed by atoms with van der Waals surface area (Å²) in [4.78, 5) is 3.89. The predicted octanol–water partition coefficient (Wildman–Crippen LogP) is 2.66. The van der Waals surface area contributed by atoms with Gasteiger partial charge in [0.1, 0.15) is 4.21 Å². The maximum Gasteiger partial charge on any atom is 0.273 e. The largest absolute Gasteiger partial charge is 0.356 e. The average molecular weight is 313 g/mol. The lowest BCUT2D eigenvalue weighted by molar-refractivity contribution is 0.432. The van der Waals surface area contributed by atoms with Gasteiger partial charge in [-0.15, -0.1) is 22.7 Å². The molecule has 0 saturated heterocycles. The van der Waals surface area contributed by atoms with Gasteiger partial charge in [0.05, 0.1) is 6.20 Å². The molecule has 0 aromatic carbocycles. The molecule has 0 aliphatic rings. The molecule has 3 heterocycles. The zero-order valence-corrected chi connectivity index (χ0v) is 11.8. The van der Waals surface area contributed by atoms with Gasteiger partial charge in [0.25, 0.3) is 10.0 Å². The number of hydrogen-bond acceptors (Lipinski definition) is 7. The number of nitrogens with one attached hydrogen (secondary N) is 1. The van der Waals surface area contributed by atoms with Gasteiger partial charge in [-0.3, -0.25) is 4.72 Å². The molecule has 3 aromatic heterocycles. The first-order chi connectivity index (χ1) is 9.15. The highest BCUT2D eigenvalue weighted by Crippen LogP contribution is 2.29. The first-order valence-corrected chi connectivity index (χ1v) is 8.31. The summed E-state index contributed by atoms with van der Waals surface area (Å²) in [6.45, 7) is 0. The monoisotopic (exact) mass is 313 g/mol. The zero-order valence-electron chi connectivity index (χ0n) is 9.31. The molecule has 0 aliphatic carbocycles. The molecule has 0 radical (unpaired) electrons. The Bertz CT molecular complexity index is 760. The van der Waals surface area contributed by atoms with E-state index in [2.05, 4.69) is 14.9 Å². The number of thiazole rings is 1. The van der Waals surface area contributed by atoms with E-state index in [0.717, 1.165) is 11.3 Å². The van der Waals surface area contributed by atoms with E-state index in [1.165, 1.54) is 23.7 Å². The van der Waals surface area contributed by atoms with Crippen LogP contribution in [0.1, 0.15) is 0 Å². The highest BCUT2D eigenvalue weighted by Gasteiger charge is 2.19. The summed E-state index contributed by atoms with van der Waals surface area (Å²) in [5, 5.41) is 7.34. The molecule has 19 heavy (non-hydrogen) atoms. The highest BCUT2D eigenvalue weighted by atomic mass is 32.2. The molecule has 1 N–H and O–H groups in total. The van der Waals surface area contributed by atoms with Crippen molar-refractivity contribution in [3.8, 4) is 11.3 Å². The topological polar surface area (TPSA) is 85.1 Å². The first-order valence-electron chi connectivity index (χ1n) is 5.07. The van der Waals surface area contributed by atoms with Gasteiger partial charge in [-0.1, -0.05) is 5.16 Å².